The molecule has 1 aliphatic heterocycles. The Labute approximate surface area is 106 Å². The minimum absolute atomic E-state index is 0.00373. The smallest absolute Gasteiger partial charge is 0.205 e. The van der Waals surface area contributed by atoms with Crippen LogP contribution in [0.25, 0.3) is 0 Å². The first kappa shape index (κ1) is 11.6. The first-order chi connectivity index (χ1) is 8.56. The normalized spacial score (nSPS) is 22.2. The van der Waals surface area contributed by atoms with Gasteiger partial charge in [-0.15, -0.1) is 17.7 Å². The van der Waals surface area contributed by atoms with Gasteiger partial charge >= 0.3 is 0 Å². The number of hydrogen-bond donors (Lipinski definition) is 1. The van der Waals surface area contributed by atoms with Crippen molar-refractivity contribution in [3.8, 4) is 0 Å². The SMILES string of the molecule is Fc1ccc(F)c([C@@H]2C[C@H](F)c3nc(S)nn32)c1. The van der Waals surface area contributed by atoms with E-state index in [0.717, 1.165) is 18.2 Å². The van der Waals surface area contributed by atoms with Crippen molar-refractivity contribution in [2.75, 3.05) is 0 Å². The molecule has 2 aromatic rings. The molecule has 0 spiro atoms. The second kappa shape index (κ2) is 4.01. The van der Waals surface area contributed by atoms with Crippen LogP contribution in [0.3, 0.4) is 0 Å². The van der Waals surface area contributed by atoms with Gasteiger partial charge < -0.3 is 0 Å². The maximum absolute atomic E-state index is 13.7. The van der Waals surface area contributed by atoms with Crippen molar-refractivity contribution in [1.82, 2.24) is 14.8 Å². The summed E-state index contributed by atoms with van der Waals surface area (Å²) in [5.74, 6) is -1.05. The Bertz CT molecular complexity index is 614. The maximum Gasteiger partial charge on any atom is 0.205 e. The molecule has 0 unspecified atom stereocenters. The Hall–Kier alpha value is -1.50. The molecular formula is C11H8F3N3S. The van der Waals surface area contributed by atoms with Gasteiger partial charge in [0.25, 0.3) is 0 Å². The molecule has 3 rings (SSSR count). The summed E-state index contributed by atoms with van der Waals surface area (Å²) in [7, 11) is 0. The number of alkyl halides is 1. The van der Waals surface area contributed by atoms with Crippen LogP contribution in [0.1, 0.15) is 30.0 Å². The molecule has 2 atom stereocenters. The number of benzene rings is 1. The van der Waals surface area contributed by atoms with Crippen molar-refractivity contribution in [3.63, 3.8) is 0 Å². The monoisotopic (exact) mass is 271 g/mol. The van der Waals surface area contributed by atoms with E-state index < -0.39 is 23.8 Å². The van der Waals surface area contributed by atoms with Gasteiger partial charge in [-0.25, -0.2) is 22.8 Å². The number of fused-ring (bicyclic) bond motifs is 1. The van der Waals surface area contributed by atoms with E-state index in [-0.39, 0.29) is 23.0 Å². The first-order valence-corrected chi connectivity index (χ1v) is 5.75. The van der Waals surface area contributed by atoms with E-state index in [1.165, 1.54) is 4.68 Å². The number of rotatable bonds is 1. The number of hydrogen-bond acceptors (Lipinski definition) is 3. The summed E-state index contributed by atoms with van der Waals surface area (Å²) in [6.45, 7) is 0. The molecule has 0 amide bonds. The van der Waals surface area contributed by atoms with Crippen LogP contribution in [0.15, 0.2) is 23.4 Å². The van der Waals surface area contributed by atoms with E-state index in [9.17, 15) is 13.2 Å². The zero-order valence-electron chi connectivity index (χ0n) is 9.02. The van der Waals surface area contributed by atoms with E-state index in [2.05, 4.69) is 22.7 Å². The summed E-state index contributed by atoms with van der Waals surface area (Å²) < 4.78 is 41.8. The lowest BCUT2D eigenvalue weighted by Crippen LogP contribution is -2.09. The minimum atomic E-state index is -1.34. The molecule has 0 fully saturated rings. The summed E-state index contributed by atoms with van der Waals surface area (Å²) in [5, 5.41) is 4.03. The Morgan fingerprint density at radius 1 is 1.33 bits per heavy atom. The van der Waals surface area contributed by atoms with Crippen LogP contribution >= 0.6 is 12.6 Å². The molecule has 7 heteroatoms. The van der Waals surface area contributed by atoms with Gasteiger partial charge in [0.05, 0.1) is 6.04 Å². The minimum Gasteiger partial charge on any atom is -0.239 e. The largest absolute Gasteiger partial charge is 0.239 e. The van der Waals surface area contributed by atoms with Crippen LogP contribution in [0.4, 0.5) is 13.2 Å². The third-order valence-corrected chi connectivity index (χ3v) is 3.16. The van der Waals surface area contributed by atoms with Gasteiger partial charge in [0.2, 0.25) is 5.16 Å². The quantitative estimate of drug-likeness (QED) is 0.808. The summed E-state index contributed by atoms with van der Waals surface area (Å²) in [4.78, 5) is 3.82. The van der Waals surface area contributed by atoms with E-state index in [1.807, 2.05) is 0 Å². The van der Waals surface area contributed by atoms with Crippen LogP contribution in [-0.2, 0) is 0 Å². The second-order valence-corrected chi connectivity index (χ2v) is 4.50. The van der Waals surface area contributed by atoms with Crippen molar-refractivity contribution in [2.45, 2.75) is 23.8 Å². The van der Waals surface area contributed by atoms with E-state index in [4.69, 9.17) is 0 Å². The van der Waals surface area contributed by atoms with Gasteiger partial charge in [0, 0.05) is 12.0 Å². The predicted octanol–water partition coefficient (Wildman–Crippen LogP) is 2.85. The fourth-order valence-corrected chi connectivity index (χ4v) is 2.40. The average molecular weight is 271 g/mol. The Kier molecular flexibility index (Phi) is 2.58. The van der Waals surface area contributed by atoms with Gasteiger partial charge in [0.15, 0.2) is 12.0 Å². The summed E-state index contributed by atoms with van der Waals surface area (Å²) in [6.07, 6.45) is -1.34. The molecule has 1 aliphatic rings. The Balaban J connectivity index is 2.11. The summed E-state index contributed by atoms with van der Waals surface area (Å²) in [6, 6.07) is 2.42. The predicted molar refractivity (Wildman–Crippen MR) is 60.2 cm³/mol. The van der Waals surface area contributed by atoms with Gasteiger partial charge in [-0.2, -0.15) is 0 Å². The Morgan fingerprint density at radius 3 is 2.89 bits per heavy atom. The van der Waals surface area contributed by atoms with Gasteiger partial charge in [0.1, 0.15) is 11.6 Å². The van der Waals surface area contributed by atoms with Crippen LogP contribution in [0.2, 0.25) is 0 Å². The highest BCUT2D eigenvalue weighted by molar-refractivity contribution is 7.80. The highest BCUT2D eigenvalue weighted by Crippen LogP contribution is 2.40. The fourth-order valence-electron chi connectivity index (χ4n) is 2.20. The molecule has 0 radical (unpaired) electrons. The van der Waals surface area contributed by atoms with Gasteiger partial charge in [-0.3, -0.25) is 0 Å². The third kappa shape index (κ3) is 1.69. The van der Waals surface area contributed by atoms with Crippen molar-refractivity contribution >= 4 is 12.6 Å². The van der Waals surface area contributed by atoms with Crippen molar-refractivity contribution in [2.24, 2.45) is 0 Å². The Morgan fingerprint density at radius 2 is 2.11 bits per heavy atom. The van der Waals surface area contributed by atoms with Crippen molar-refractivity contribution in [3.05, 3.63) is 41.2 Å². The molecule has 3 nitrogen and oxygen atoms in total. The molecule has 1 aromatic carbocycles. The van der Waals surface area contributed by atoms with Crippen molar-refractivity contribution in [1.29, 1.82) is 0 Å². The fraction of sp³-hybridized carbons (Fsp3) is 0.273. The molecule has 0 bridgehead atoms. The van der Waals surface area contributed by atoms with Crippen LogP contribution in [0, 0.1) is 11.6 Å². The topological polar surface area (TPSA) is 30.7 Å². The first-order valence-electron chi connectivity index (χ1n) is 5.30. The van der Waals surface area contributed by atoms with Gasteiger partial charge in [-0.1, -0.05) is 0 Å². The van der Waals surface area contributed by atoms with Crippen LogP contribution in [0.5, 0.6) is 0 Å². The number of nitrogens with zero attached hydrogens (tertiary/aromatic N) is 3. The summed E-state index contributed by atoms with van der Waals surface area (Å²) >= 11 is 3.93. The summed E-state index contributed by atoms with van der Waals surface area (Å²) in [5.41, 5.74) is 0.0784. The van der Waals surface area contributed by atoms with Crippen molar-refractivity contribution < 1.29 is 13.2 Å². The zero-order chi connectivity index (χ0) is 12.9. The molecule has 0 saturated carbocycles. The molecule has 0 aliphatic carbocycles. The molecule has 2 heterocycles. The molecule has 0 N–H and O–H groups in total. The molecule has 0 saturated heterocycles. The average Bonchev–Trinajstić information content (AvgIpc) is 2.82. The van der Waals surface area contributed by atoms with E-state index >= 15 is 0 Å². The van der Waals surface area contributed by atoms with Gasteiger partial charge in [-0.05, 0) is 18.2 Å². The standard InChI is InChI=1S/C11H8F3N3S/c12-5-1-2-7(13)6(3-5)9-4-8(14)10-15-11(18)16-17(9)10/h1-3,8-9H,4H2,(H,16,18)/t8-,9-/m0/s1. The zero-order valence-corrected chi connectivity index (χ0v) is 9.91. The lowest BCUT2D eigenvalue weighted by molar-refractivity contribution is 0.325. The number of aromatic nitrogens is 3. The van der Waals surface area contributed by atoms with E-state index in [0.29, 0.717) is 0 Å². The third-order valence-electron chi connectivity index (χ3n) is 2.97. The van der Waals surface area contributed by atoms with Crippen LogP contribution < -0.4 is 0 Å². The lowest BCUT2D eigenvalue weighted by Gasteiger charge is -2.12. The molecule has 18 heavy (non-hydrogen) atoms. The highest BCUT2D eigenvalue weighted by atomic mass is 32.1. The van der Waals surface area contributed by atoms with E-state index in [1.54, 1.807) is 0 Å². The highest BCUT2D eigenvalue weighted by Gasteiger charge is 2.36. The lowest BCUT2D eigenvalue weighted by atomic mass is 10.0. The number of halogens is 3. The molecule has 94 valence electrons. The van der Waals surface area contributed by atoms with Crippen LogP contribution in [-0.4, -0.2) is 14.8 Å². The second-order valence-electron chi connectivity index (χ2n) is 4.10. The maximum atomic E-state index is 13.7. The molecule has 1 aromatic heterocycles. The number of thiol groups is 1. The molecular weight excluding hydrogens is 263 g/mol.